The molecule has 0 atom stereocenters. The Balaban J connectivity index is 1.29. The molecule has 2 heterocycles. The molecule has 168 valence electrons. The number of nitrogens with one attached hydrogen (secondary N) is 1. The zero-order chi connectivity index (χ0) is 22.7. The number of nitrogens with zero attached hydrogens (tertiary/aromatic N) is 4. The van der Waals surface area contributed by atoms with E-state index in [2.05, 4.69) is 20.4 Å². The van der Waals surface area contributed by atoms with Gasteiger partial charge in [0.25, 0.3) is 5.89 Å². The number of hydrogen-bond acceptors (Lipinski definition) is 5. The average molecular weight is 466 g/mol. The minimum absolute atomic E-state index is 0.160. The van der Waals surface area contributed by atoms with Crippen molar-refractivity contribution in [1.29, 1.82) is 0 Å². The Labute approximate surface area is 186 Å². The molecule has 4 rings (SSSR count). The molecule has 2 amide bonds. The Bertz CT molecular complexity index is 1080. The fraction of sp³-hybridized carbons (Fsp3) is 0.286. The number of carbonyl (C=O) groups is 1. The van der Waals surface area contributed by atoms with E-state index in [1.54, 1.807) is 29.2 Å². The first-order chi connectivity index (χ1) is 15.3. The van der Waals surface area contributed by atoms with E-state index < -0.39 is 11.7 Å². The van der Waals surface area contributed by atoms with E-state index in [4.69, 9.17) is 16.1 Å². The van der Waals surface area contributed by atoms with Gasteiger partial charge in [-0.1, -0.05) is 22.8 Å². The second-order valence-electron chi connectivity index (χ2n) is 7.29. The molecule has 1 saturated heterocycles. The largest absolute Gasteiger partial charge is 0.416 e. The summed E-state index contributed by atoms with van der Waals surface area (Å²) in [6.45, 7) is 2.69. The Hall–Kier alpha value is -3.11. The number of carbonyl (C=O) groups excluding carboxylic acids is 1. The predicted molar refractivity (Wildman–Crippen MR) is 112 cm³/mol. The second-order valence-corrected chi connectivity index (χ2v) is 7.73. The molecule has 32 heavy (non-hydrogen) atoms. The lowest BCUT2D eigenvalue weighted by atomic mass is 10.1. The first kappa shape index (κ1) is 22.1. The SMILES string of the molecule is O=C(Nc1cccc(Cl)c1)N1CCN(Cc2noc(-c3ccc(C(F)(F)F)cc3)n2)CC1. The summed E-state index contributed by atoms with van der Waals surface area (Å²) in [6, 6.07) is 11.3. The van der Waals surface area contributed by atoms with Crippen LogP contribution in [0.2, 0.25) is 5.02 Å². The smallest absolute Gasteiger partial charge is 0.334 e. The number of hydrogen-bond donors (Lipinski definition) is 1. The standard InChI is InChI=1S/C21H19ClF3N5O2/c22-16-2-1-3-17(12-16)26-20(31)30-10-8-29(9-11-30)13-18-27-19(32-28-18)14-4-6-15(7-5-14)21(23,24)25/h1-7,12H,8-11,13H2,(H,26,31). The van der Waals surface area contributed by atoms with Crippen LogP contribution in [0.15, 0.2) is 53.1 Å². The molecule has 1 aliphatic heterocycles. The monoisotopic (exact) mass is 465 g/mol. The third-order valence-electron chi connectivity index (χ3n) is 5.03. The Kier molecular flexibility index (Phi) is 6.33. The lowest BCUT2D eigenvalue weighted by Gasteiger charge is -2.34. The first-order valence-electron chi connectivity index (χ1n) is 9.82. The van der Waals surface area contributed by atoms with Crippen molar-refractivity contribution in [3.63, 3.8) is 0 Å². The van der Waals surface area contributed by atoms with Crippen LogP contribution in [0.25, 0.3) is 11.5 Å². The number of piperazine rings is 1. The van der Waals surface area contributed by atoms with Gasteiger partial charge in [0.05, 0.1) is 12.1 Å². The molecule has 1 fully saturated rings. The zero-order valence-corrected chi connectivity index (χ0v) is 17.5. The van der Waals surface area contributed by atoms with Crippen LogP contribution in [0.5, 0.6) is 0 Å². The number of benzene rings is 2. The molecule has 0 radical (unpaired) electrons. The minimum atomic E-state index is -4.40. The maximum absolute atomic E-state index is 12.7. The van der Waals surface area contributed by atoms with Crippen LogP contribution in [-0.4, -0.2) is 52.2 Å². The molecule has 1 aromatic heterocycles. The van der Waals surface area contributed by atoms with Gasteiger partial charge < -0.3 is 14.7 Å². The maximum Gasteiger partial charge on any atom is 0.416 e. The molecule has 0 spiro atoms. The fourth-order valence-electron chi connectivity index (χ4n) is 3.32. The van der Waals surface area contributed by atoms with E-state index in [1.807, 2.05) is 0 Å². The third kappa shape index (κ3) is 5.38. The Morgan fingerprint density at radius 3 is 2.47 bits per heavy atom. The van der Waals surface area contributed by atoms with Gasteiger partial charge in [0.2, 0.25) is 0 Å². The van der Waals surface area contributed by atoms with E-state index in [1.165, 1.54) is 12.1 Å². The highest BCUT2D eigenvalue weighted by molar-refractivity contribution is 6.30. The van der Waals surface area contributed by atoms with Crippen molar-refractivity contribution in [3.8, 4) is 11.5 Å². The topological polar surface area (TPSA) is 74.5 Å². The van der Waals surface area contributed by atoms with Crippen LogP contribution < -0.4 is 5.32 Å². The molecule has 1 N–H and O–H groups in total. The number of alkyl halides is 3. The highest BCUT2D eigenvalue weighted by Gasteiger charge is 2.30. The van der Waals surface area contributed by atoms with Gasteiger partial charge in [-0.15, -0.1) is 0 Å². The zero-order valence-electron chi connectivity index (χ0n) is 16.8. The van der Waals surface area contributed by atoms with Crippen molar-refractivity contribution in [2.45, 2.75) is 12.7 Å². The molecule has 2 aromatic carbocycles. The van der Waals surface area contributed by atoms with Gasteiger partial charge in [0, 0.05) is 42.5 Å². The highest BCUT2D eigenvalue weighted by Crippen LogP contribution is 2.30. The Morgan fingerprint density at radius 2 is 1.81 bits per heavy atom. The number of urea groups is 1. The summed E-state index contributed by atoms with van der Waals surface area (Å²) in [5.74, 6) is 0.588. The van der Waals surface area contributed by atoms with Gasteiger partial charge in [-0.2, -0.15) is 18.2 Å². The third-order valence-corrected chi connectivity index (χ3v) is 5.26. The van der Waals surface area contributed by atoms with Gasteiger partial charge in [-0.25, -0.2) is 4.79 Å². The fourth-order valence-corrected chi connectivity index (χ4v) is 3.51. The number of amides is 2. The molecule has 0 aliphatic carbocycles. The molecule has 1 aliphatic rings. The number of rotatable bonds is 4. The van der Waals surface area contributed by atoms with Crippen LogP contribution in [0.4, 0.5) is 23.7 Å². The van der Waals surface area contributed by atoms with Gasteiger partial charge in [0.1, 0.15) is 0 Å². The lowest BCUT2D eigenvalue weighted by molar-refractivity contribution is -0.137. The van der Waals surface area contributed by atoms with Crippen molar-refractivity contribution < 1.29 is 22.5 Å². The molecule has 11 heteroatoms. The van der Waals surface area contributed by atoms with Gasteiger partial charge in [-0.3, -0.25) is 4.90 Å². The van der Waals surface area contributed by atoms with Crippen molar-refractivity contribution in [1.82, 2.24) is 19.9 Å². The van der Waals surface area contributed by atoms with Gasteiger partial charge in [-0.05, 0) is 42.5 Å². The van der Waals surface area contributed by atoms with Crippen LogP contribution in [-0.2, 0) is 12.7 Å². The number of halogens is 4. The van der Waals surface area contributed by atoms with Crippen molar-refractivity contribution in [3.05, 3.63) is 64.9 Å². The van der Waals surface area contributed by atoms with E-state index in [0.29, 0.717) is 54.8 Å². The van der Waals surface area contributed by atoms with Gasteiger partial charge in [0.15, 0.2) is 5.82 Å². The number of aromatic nitrogens is 2. The molecular formula is C21H19ClF3N5O2. The molecule has 0 bridgehead atoms. The summed E-state index contributed by atoms with van der Waals surface area (Å²) in [7, 11) is 0. The second kappa shape index (κ2) is 9.17. The van der Waals surface area contributed by atoms with Gasteiger partial charge >= 0.3 is 12.2 Å². The summed E-state index contributed by atoms with van der Waals surface area (Å²) >= 11 is 5.94. The number of anilines is 1. The molecule has 0 unspecified atom stereocenters. The first-order valence-corrected chi connectivity index (χ1v) is 10.2. The minimum Gasteiger partial charge on any atom is -0.334 e. The maximum atomic E-state index is 12.7. The summed E-state index contributed by atoms with van der Waals surface area (Å²) in [6.07, 6.45) is -4.40. The predicted octanol–water partition coefficient (Wildman–Crippen LogP) is 4.76. The van der Waals surface area contributed by atoms with E-state index in [9.17, 15) is 18.0 Å². The van der Waals surface area contributed by atoms with Crippen molar-refractivity contribution in [2.24, 2.45) is 0 Å². The molecule has 3 aromatic rings. The van der Waals surface area contributed by atoms with E-state index >= 15 is 0 Å². The lowest BCUT2D eigenvalue weighted by Crippen LogP contribution is -2.49. The highest BCUT2D eigenvalue weighted by atomic mass is 35.5. The summed E-state index contributed by atoms with van der Waals surface area (Å²) in [5, 5.41) is 7.29. The van der Waals surface area contributed by atoms with Crippen molar-refractivity contribution >= 4 is 23.3 Å². The van der Waals surface area contributed by atoms with E-state index in [-0.39, 0.29) is 11.9 Å². The normalized spacial score (nSPS) is 15.1. The molecule has 0 saturated carbocycles. The quantitative estimate of drug-likeness (QED) is 0.601. The summed E-state index contributed by atoms with van der Waals surface area (Å²) in [5.41, 5.74) is 0.310. The van der Waals surface area contributed by atoms with E-state index in [0.717, 1.165) is 12.1 Å². The van der Waals surface area contributed by atoms with Crippen LogP contribution >= 0.6 is 11.6 Å². The van der Waals surface area contributed by atoms with Crippen LogP contribution in [0.3, 0.4) is 0 Å². The average Bonchev–Trinajstić information content (AvgIpc) is 3.22. The summed E-state index contributed by atoms with van der Waals surface area (Å²) < 4.78 is 43.3. The summed E-state index contributed by atoms with van der Waals surface area (Å²) in [4.78, 5) is 20.5. The Morgan fingerprint density at radius 1 is 1.09 bits per heavy atom. The molecule has 7 nitrogen and oxygen atoms in total. The van der Waals surface area contributed by atoms with Crippen LogP contribution in [0.1, 0.15) is 11.4 Å². The van der Waals surface area contributed by atoms with Crippen LogP contribution in [0, 0.1) is 0 Å². The van der Waals surface area contributed by atoms with Crippen molar-refractivity contribution in [2.75, 3.05) is 31.5 Å². The molecular weight excluding hydrogens is 447 g/mol.